The number of methoxy groups -OCH3 is 1. The molecule has 1 atom stereocenters. The molecule has 0 bridgehead atoms. The second-order valence-corrected chi connectivity index (χ2v) is 6.90. The Morgan fingerprint density at radius 1 is 1.41 bits per heavy atom. The van der Waals surface area contributed by atoms with E-state index in [9.17, 15) is 18.0 Å². The molecule has 0 saturated carbocycles. The second-order valence-electron chi connectivity index (χ2n) is 5.01. The number of ether oxygens (including phenoxy) is 1. The average molecular weight is 327 g/mol. The molecule has 1 saturated heterocycles. The van der Waals surface area contributed by atoms with Gasteiger partial charge in [-0.3, -0.25) is 9.59 Å². The van der Waals surface area contributed by atoms with Crippen molar-refractivity contribution in [3.8, 4) is 0 Å². The summed E-state index contributed by atoms with van der Waals surface area (Å²) in [6, 6.07) is 4.89. The number of benzene rings is 1. The fraction of sp³-hybridized carbons (Fsp3) is 0.429. The minimum atomic E-state index is -3.90. The van der Waals surface area contributed by atoms with Gasteiger partial charge < -0.3 is 9.84 Å². The molecular formula is C14H17NO6S. The Hall–Kier alpha value is -1.93. The van der Waals surface area contributed by atoms with Crippen LogP contribution in [-0.2, 0) is 30.8 Å². The molecule has 8 heteroatoms. The lowest BCUT2D eigenvalue weighted by Crippen LogP contribution is -2.40. The van der Waals surface area contributed by atoms with Crippen LogP contribution in [-0.4, -0.2) is 49.5 Å². The van der Waals surface area contributed by atoms with Crippen LogP contribution in [0.25, 0.3) is 0 Å². The first-order valence-electron chi connectivity index (χ1n) is 6.76. The minimum absolute atomic E-state index is 0.0120. The number of carbonyl (C=O) groups excluding carboxylic acids is 1. The van der Waals surface area contributed by atoms with Crippen molar-refractivity contribution < 1.29 is 27.9 Å². The number of carbonyl (C=O) groups is 2. The number of carboxylic acid groups (broad SMARTS) is 1. The molecule has 0 aliphatic carbocycles. The molecule has 1 aromatic rings. The van der Waals surface area contributed by atoms with E-state index in [0.717, 1.165) is 4.31 Å². The van der Waals surface area contributed by atoms with Gasteiger partial charge in [0.25, 0.3) is 0 Å². The first kappa shape index (κ1) is 16.4. The van der Waals surface area contributed by atoms with Crippen LogP contribution in [0.4, 0.5) is 0 Å². The van der Waals surface area contributed by atoms with Gasteiger partial charge >= 0.3 is 11.9 Å². The molecular weight excluding hydrogens is 310 g/mol. The van der Waals surface area contributed by atoms with Crippen molar-refractivity contribution in [3.05, 3.63) is 29.8 Å². The molecule has 0 aromatic heterocycles. The Bertz CT molecular complexity index is 684. The zero-order chi connectivity index (χ0) is 16.3. The van der Waals surface area contributed by atoms with Crippen molar-refractivity contribution in [2.24, 2.45) is 0 Å². The zero-order valence-corrected chi connectivity index (χ0v) is 12.9. The minimum Gasteiger partial charge on any atom is -0.480 e. The summed E-state index contributed by atoms with van der Waals surface area (Å²) < 4.78 is 30.8. The van der Waals surface area contributed by atoms with Gasteiger partial charge in [-0.05, 0) is 30.5 Å². The number of aliphatic carboxylic acids is 1. The van der Waals surface area contributed by atoms with Gasteiger partial charge in [-0.25, -0.2) is 8.42 Å². The third kappa shape index (κ3) is 3.28. The van der Waals surface area contributed by atoms with Crippen LogP contribution in [0.5, 0.6) is 0 Å². The van der Waals surface area contributed by atoms with Crippen molar-refractivity contribution in [1.29, 1.82) is 0 Å². The number of carboxylic acids is 1. The normalized spacial score (nSPS) is 19.0. The van der Waals surface area contributed by atoms with Gasteiger partial charge in [0, 0.05) is 6.54 Å². The van der Waals surface area contributed by atoms with E-state index < -0.39 is 28.0 Å². The van der Waals surface area contributed by atoms with Gasteiger partial charge in [0.2, 0.25) is 10.0 Å². The standard InChI is InChI=1S/C14H17NO6S/c1-21-13(16)9-10-4-2-5-11(8-10)22(19,20)15-7-3-6-12(15)14(17)18/h2,4-5,8,12H,3,6-7,9H2,1H3,(H,17,18). The van der Waals surface area contributed by atoms with Crippen molar-refractivity contribution in [2.45, 2.75) is 30.2 Å². The lowest BCUT2D eigenvalue weighted by atomic mass is 10.1. The van der Waals surface area contributed by atoms with E-state index in [1.54, 1.807) is 6.07 Å². The molecule has 2 rings (SSSR count). The van der Waals surface area contributed by atoms with Gasteiger partial charge in [-0.1, -0.05) is 12.1 Å². The third-order valence-electron chi connectivity index (χ3n) is 3.57. The number of nitrogens with zero attached hydrogens (tertiary/aromatic N) is 1. The Labute approximate surface area is 128 Å². The van der Waals surface area contributed by atoms with Crippen LogP contribution in [0.15, 0.2) is 29.2 Å². The highest BCUT2D eigenvalue weighted by Crippen LogP contribution is 2.26. The Kier molecular flexibility index (Phi) is 4.82. The van der Waals surface area contributed by atoms with Crippen LogP contribution < -0.4 is 0 Å². The van der Waals surface area contributed by atoms with Gasteiger partial charge in [-0.2, -0.15) is 4.31 Å². The summed E-state index contributed by atoms with van der Waals surface area (Å²) >= 11 is 0. The molecule has 120 valence electrons. The summed E-state index contributed by atoms with van der Waals surface area (Å²) in [6.07, 6.45) is 0.774. The topological polar surface area (TPSA) is 101 Å². The Balaban J connectivity index is 2.31. The molecule has 0 spiro atoms. The third-order valence-corrected chi connectivity index (χ3v) is 5.47. The van der Waals surface area contributed by atoms with E-state index in [1.165, 1.54) is 25.3 Å². The number of esters is 1. The van der Waals surface area contributed by atoms with Crippen LogP contribution in [0, 0.1) is 0 Å². The van der Waals surface area contributed by atoms with Crippen LogP contribution in [0.3, 0.4) is 0 Å². The van der Waals surface area contributed by atoms with E-state index in [0.29, 0.717) is 18.4 Å². The zero-order valence-electron chi connectivity index (χ0n) is 12.1. The number of sulfonamides is 1. The van der Waals surface area contributed by atoms with Gasteiger partial charge in [-0.15, -0.1) is 0 Å². The number of rotatable bonds is 5. The van der Waals surface area contributed by atoms with E-state index in [2.05, 4.69) is 4.74 Å². The molecule has 1 aromatic carbocycles. The highest BCUT2D eigenvalue weighted by Gasteiger charge is 2.39. The molecule has 1 unspecified atom stereocenters. The molecule has 0 radical (unpaired) electrons. The molecule has 22 heavy (non-hydrogen) atoms. The summed E-state index contributed by atoms with van der Waals surface area (Å²) in [5.41, 5.74) is 0.499. The van der Waals surface area contributed by atoms with E-state index >= 15 is 0 Å². The van der Waals surface area contributed by atoms with E-state index in [4.69, 9.17) is 5.11 Å². The van der Waals surface area contributed by atoms with Crippen LogP contribution in [0.2, 0.25) is 0 Å². The van der Waals surface area contributed by atoms with E-state index in [1.807, 2.05) is 0 Å². The van der Waals surface area contributed by atoms with Crippen LogP contribution in [0.1, 0.15) is 18.4 Å². The fourth-order valence-corrected chi connectivity index (χ4v) is 4.19. The number of hydrogen-bond donors (Lipinski definition) is 1. The van der Waals surface area contributed by atoms with Crippen molar-refractivity contribution in [2.75, 3.05) is 13.7 Å². The first-order chi connectivity index (χ1) is 10.4. The lowest BCUT2D eigenvalue weighted by Gasteiger charge is -2.21. The van der Waals surface area contributed by atoms with E-state index in [-0.39, 0.29) is 17.9 Å². The lowest BCUT2D eigenvalue weighted by molar-refractivity contribution is -0.141. The summed E-state index contributed by atoms with van der Waals surface area (Å²) in [5, 5.41) is 9.13. The van der Waals surface area contributed by atoms with Gasteiger partial charge in [0.1, 0.15) is 6.04 Å². The SMILES string of the molecule is COC(=O)Cc1cccc(S(=O)(=O)N2CCCC2C(=O)O)c1. The fourth-order valence-electron chi connectivity index (χ4n) is 2.46. The molecule has 1 fully saturated rings. The molecule has 1 aliphatic heterocycles. The monoisotopic (exact) mass is 327 g/mol. The first-order valence-corrected chi connectivity index (χ1v) is 8.20. The van der Waals surface area contributed by atoms with Crippen molar-refractivity contribution in [1.82, 2.24) is 4.31 Å². The van der Waals surface area contributed by atoms with Gasteiger partial charge in [0.15, 0.2) is 0 Å². The van der Waals surface area contributed by atoms with Crippen molar-refractivity contribution in [3.63, 3.8) is 0 Å². The maximum Gasteiger partial charge on any atom is 0.322 e. The summed E-state index contributed by atoms with van der Waals surface area (Å²) in [7, 11) is -2.64. The smallest absolute Gasteiger partial charge is 0.322 e. The van der Waals surface area contributed by atoms with Crippen molar-refractivity contribution >= 4 is 22.0 Å². The molecule has 1 N–H and O–H groups in total. The molecule has 1 heterocycles. The molecule has 7 nitrogen and oxygen atoms in total. The maximum atomic E-state index is 12.6. The molecule has 1 aliphatic rings. The highest BCUT2D eigenvalue weighted by molar-refractivity contribution is 7.89. The summed E-state index contributed by atoms with van der Waals surface area (Å²) in [6.45, 7) is 0.181. The molecule has 0 amide bonds. The Morgan fingerprint density at radius 2 is 2.14 bits per heavy atom. The predicted molar refractivity (Wildman–Crippen MR) is 76.7 cm³/mol. The summed E-state index contributed by atoms with van der Waals surface area (Å²) in [5.74, 6) is -1.62. The predicted octanol–water partition coefficient (Wildman–Crippen LogP) is 0.640. The maximum absolute atomic E-state index is 12.6. The number of hydrogen-bond acceptors (Lipinski definition) is 5. The quantitative estimate of drug-likeness (QED) is 0.797. The Morgan fingerprint density at radius 3 is 2.77 bits per heavy atom. The highest BCUT2D eigenvalue weighted by atomic mass is 32.2. The van der Waals surface area contributed by atoms with Gasteiger partial charge in [0.05, 0.1) is 18.4 Å². The van der Waals surface area contributed by atoms with Crippen LogP contribution >= 0.6 is 0 Å². The average Bonchev–Trinajstić information content (AvgIpc) is 2.98. The second kappa shape index (κ2) is 6.45. The largest absolute Gasteiger partial charge is 0.480 e. The summed E-state index contributed by atoms with van der Waals surface area (Å²) in [4.78, 5) is 22.4.